The van der Waals surface area contributed by atoms with E-state index in [1.807, 2.05) is 25.1 Å². The summed E-state index contributed by atoms with van der Waals surface area (Å²) in [6.07, 6.45) is 3.57. The first-order valence-corrected chi connectivity index (χ1v) is 8.16. The van der Waals surface area contributed by atoms with Crippen LogP contribution in [0.15, 0.2) is 40.7 Å². The van der Waals surface area contributed by atoms with E-state index >= 15 is 0 Å². The fourth-order valence-electron chi connectivity index (χ4n) is 2.21. The van der Waals surface area contributed by atoms with Crippen molar-refractivity contribution in [1.29, 1.82) is 0 Å². The third-order valence-corrected chi connectivity index (χ3v) is 3.73. The van der Waals surface area contributed by atoms with Gasteiger partial charge in [-0.2, -0.15) is 5.10 Å². The van der Waals surface area contributed by atoms with E-state index in [-0.39, 0.29) is 12.4 Å². The molecule has 0 bridgehead atoms. The molecule has 1 aromatic carbocycles. The number of allylic oxidation sites excluding steroid dienone is 4. The van der Waals surface area contributed by atoms with Crippen LogP contribution in [0.1, 0.15) is 37.7 Å². The summed E-state index contributed by atoms with van der Waals surface area (Å²) < 4.78 is 20.6. The van der Waals surface area contributed by atoms with E-state index in [4.69, 9.17) is 4.74 Å². The topological polar surface area (TPSA) is 44.1 Å². The summed E-state index contributed by atoms with van der Waals surface area (Å²) in [7, 11) is 0. The third kappa shape index (κ3) is 3.88. The van der Waals surface area contributed by atoms with Gasteiger partial charge >= 0.3 is 5.97 Å². The summed E-state index contributed by atoms with van der Waals surface area (Å²) in [6, 6.07) is 5.51. The lowest BCUT2D eigenvalue weighted by atomic mass is 10.2. The summed E-state index contributed by atoms with van der Waals surface area (Å²) in [5.74, 6) is -0.763. The highest BCUT2D eigenvalue weighted by Crippen LogP contribution is 2.26. The van der Waals surface area contributed by atoms with E-state index in [2.05, 4.69) is 21.0 Å². The molecule has 4 nitrogen and oxygen atoms in total. The van der Waals surface area contributed by atoms with Crippen LogP contribution in [-0.2, 0) is 4.74 Å². The third-order valence-electron chi connectivity index (χ3n) is 3.24. The lowest BCUT2D eigenvalue weighted by Crippen LogP contribution is -2.13. The summed E-state index contributed by atoms with van der Waals surface area (Å²) in [4.78, 5) is 12.4. The zero-order valence-corrected chi connectivity index (χ0v) is 14.9. The molecule has 6 heteroatoms. The van der Waals surface area contributed by atoms with E-state index in [9.17, 15) is 9.18 Å². The van der Waals surface area contributed by atoms with Crippen LogP contribution >= 0.6 is 15.9 Å². The van der Waals surface area contributed by atoms with Gasteiger partial charge in [0.05, 0.1) is 18.0 Å². The van der Waals surface area contributed by atoms with Gasteiger partial charge in [-0.05, 0) is 50.6 Å². The molecule has 0 radical (unpaired) electrons. The second-order valence-corrected chi connectivity index (χ2v) is 5.82. The molecule has 0 N–H and O–H groups in total. The van der Waals surface area contributed by atoms with Gasteiger partial charge < -0.3 is 4.74 Å². The van der Waals surface area contributed by atoms with Crippen LogP contribution in [0.5, 0.6) is 0 Å². The molecule has 0 aliphatic carbocycles. The van der Waals surface area contributed by atoms with Crippen LogP contribution in [0.2, 0.25) is 0 Å². The van der Waals surface area contributed by atoms with E-state index in [1.54, 1.807) is 13.0 Å². The summed E-state index contributed by atoms with van der Waals surface area (Å²) in [5.41, 5.74) is 1.73. The standard InChI is InChI=1S/C17H18BrFN2O2/c1-4-13(8-6-11(3)19)21-16(17(22)23-5-2)14-10-12(18)7-9-15(14)20-21/h6-10H,4-5H2,1-3H3/b11-6+,13-8+. The molecular weight excluding hydrogens is 363 g/mol. The molecule has 0 aliphatic heterocycles. The first kappa shape index (κ1) is 17.4. The molecule has 0 spiro atoms. The minimum absolute atomic E-state index is 0.272. The predicted octanol–water partition coefficient (Wildman–Crippen LogP) is 5.10. The fraction of sp³-hybridized carbons (Fsp3) is 0.294. The smallest absolute Gasteiger partial charge is 0.357 e. The first-order chi connectivity index (χ1) is 11.0. The monoisotopic (exact) mass is 380 g/mol. The van der Waals surface area contributed by atoms with Crippen molar-refractivity contribution in [2.45, 2.75) is 27.2 Å². The number of halogens is 2. The maximum Gasteiger partial charge on any atom is 0.357 e. The maximum atomic E-state index is 13.0. The Morgan fingerprint density at radius 2 is 2.13 bits per heavy atom. The van der Waals surface area contributed by atoms with Gasteiger partial charge in [-0.25, -0.2) is 13.9 Å². The molecule has 2 aromatic rings. The van der Waals surface area contributed by atoms with Crippen molar-refractivity contribution < 1.29 is 13.9 Å². The van der Waals surface area contributed by atoms with Crippen molar-refractivity contribution in [3.8, 4) is 0 Å². The van der Waals surface area contributed by atoms with Crippen LogP contribution in [0.4, 0.5) is 4.39 Å². The lowest BCUT2D eigenvalue weighted by molar-refractivity contribution is 0.0518. The van der Waals surface area contributed by atoms with Crippen LogP contribution in [0.3, 0.4) is 0 Å². The highest BCUT2D eigenvalue weighted by atomic mass is 79.9. The normalized spacial score (nSPS) is 12.7. The largest absolute Gasteiger partial charge is 0.461 e. The fourth-order valence-corrected chi connectivity index (χ4v) is 2.57. The zero-order valence-electron chi connectivity index (χ0n) is 13.3. The highest BCUT2D eigenvalue weighted by molar-refractivity contribution is 9.10. The van der Waals surface area contributed by atoms with E-state index in [0.29, 0.717) is 28.7 Å². The number of esters is 1. The lowest BCUT2D eigenvalue weighted by Gasteiger charge is -2.09. The average Bonchev–Trinajstić information content (AvgIpc) is 2.86. The van der Waals surface area contributed by atoms with Crippen LogP contribution < -0.4 is 0 Å². The molecule has 23 heavy (non-hydrogen) atoms. The number of hydrogen-bond acceptors (Lipinski definition) is 3. The molecular formula is C17H18BrFN2O2. The molecule has 0 aliphatic rings. The molecule has 1 aromatic heterocycles. The predicted molar refractivity (Wildman–Crippen MR) is 92.8 cm³/mol. The summed E-state index contributed by atoms with van der Waals surface area (Å²) >= 11 is 3.41. The maximum absolute atomic E-state index is 13.0. The quantitative estimate of drug-likeness (QED) is 0.535. The van der Waals surface area contributed by atoms with Crippen LogP contribution in [0.25, 0.3) is 16.6 Å². The van der Waals surface area contributed by atoms with Gasteiger partial charge in [-0.3, -0.25) is 0 Å². The van der Waals surface area contributed by atoms with Crippen molar-refractivity contribution in [3.05, 3.63) is 46.3 Å². The van der Waals surface area contributed by atoms with Gasteiger partial charge in [0.25, 0.3) is 0 Å². The van der Waals surface area contributed by atoms with Crippen LogP contribution in [0, 0.1) is 0 Å². The van der Waals surface area contributed by atoms with E-state index < -0.39 is 5.97 Å². The van der Waals surface area contributed by atoms with Crippen molar-refractivity contribution in [1.82, 2.24) is 9.78 Å². The number of nitrogens with zero attached hydrogens (tertiary/aromatic N) is 2. The number of fused-ring (bicyclic) bond motifs is 1. The Balaban J connectivity index is 2.71. The van der Waals surface area contributed by atoms with E-state index in [0.717, 1.165) is 4.47 Å². The highest BCUT2D eigenvalue weighted by Gasteiger charge is 2.21. The minimum atomic E-state index is -0.451. The van der Waals surface area contributed by atoms with E-state index in [1.165, 1.54) is 17.7 Å². The number of aromatic nitrogens is 2. The number of carbonyl (C=O) groups excluding carboxylic acids is 1. The first-order valence-electron chi connectivity index (χ1n) is 7.36. The average molecular weight is 381 g/mol. The Kier molecular flexibility index (Phi) is 5.71. The molecule has 0 fully saturated rings. The van der Waals surface area contributed by atoms with Gasteiger partial charge in [0, 0.05) is 15.6 Å². The molecule has 0 saturated carbocycles. The molecule has 122 valence electrons. The van der Waals surface area contributed by atoms with Gasteiger partial charge in [0.2, 0.25) is 0 Å². The van der Waals surface area contributed by atoms with Gasteiger partial charge in [-0.1, -0.05) is 22.9 Å². The van der Waals surface area contributed by atoms with Crippen molar-refractivity contribution in [2.24, 2.45) is 0 Å². The molecule has 1 heterocycles. The van der Waals surface area contributed by atoms with Gasteiger partial charge in [0.15, 0.2) is 5.69 Å². The van der Waals surface area contributed by atoms with Crippen molar-refractivity contribution in [2.75, 3.05) is 6.61 Å². The molecule has 0 atom stereocenters. The number of ether oxygens (including phenoxy) is 1. The molecule has 0 unspecified atom stereocenters. The number of hydrogen-bond donors (Lipinski definition) is 0. The molecule has 0 amide bonds. The Morgan fingerprint density at radius 1 is 1.39 bits per heavy atom. The second-order valence-electron chi connectivity index (χ2n) is 4.91. The number of carbonyl (C=O) groups is 1. The Hall–Kier alpha value is -1.95. The van der Waals surface area contributed by atoms with Crippen molar-refractivity contribution >= 4 is 38.5 Å². The minimum Gasteiger partial charge on any atom is -0.461 e. The molecule has 2 rings (SSSR count). The SMILES string of the molecule is CCOC(=O)c1c2cc(Br)ccc2nn1/C(=C/C=C(\C)F)CC. The summed E-state index contributed by atoms with van der Waals surface area (Å²) in [5, 5.41) is 5.17. The summed E-state index contributed by atoms with van der Waals surface area (Å²) in [6.45, 7) is 5.31. The number of benzene rings is 1. The molecule has 0 saturated heterocycles. The van der Waals surface area contributed by atoms with Gasteiger partial charge in [-0.15, -0.1) is 0 Å². The van der Waals surface area contributed by atoms with Crippen LogP contribution in [-0.4, -0.2) is 22.4 Å². The number of rotatable bonds is 5. The Labute approximate surface area is 142 Å². The zero-order chi connectivity index (χ0) is 17.0. The Bertz CT molecular complexity index is 789. The van der Waals surface area contributed by atoms with Gasteiger partial charge in [0.1, 0.15) is 0 Å². The Morgan fingerprint density at radius 3 is 2.74 bits per heavy atom. The second kappa shape index (κ2) is 7.55. The van der Waals surface area contributed by atoms with Crippen molar-refractivity contribution in [3.63, 3.8) is 0 Å².